The number of aliphatic imine (C=N–C) groups is 1. The van der Waals surface area contributed by atoms with Gasteiger partial charge in [-0.1, -0.05) is 12.2 Å². The highest BCUT2D eigenvalue weighted by Gasteiger charge is 2.18. The van der Waals surface area contributed by atoms with Crippen LogP contribution in [0.15, 0.2) is 28.9 Å². The second-order valence-electron chi connectivity index (χ2n) is 2.04. The van der Waals surface area contributed by atoms with Gasteiger partial charge in [0.2, 0.25) is 11.9 Å². The summed E-state index contributed by atoms with van der Waals surface area (Å²) in [6.07, 6.45) is 5.86. The average molecular weight is 150 g/mol. The van der Waals surface area contributed by atoms with E-state index in [1.807, 2.05) is 0 Å². The molecule has 0 radical (unpaired) electrons. The first-order chi connectivity index (χ1) is 5.25. The van der Waals surface area contributed by atoms with Gasteiger partial charge < -0.3 is 5.73 Å². The van der Waals surface area contributed by atoms with Crippen molar-refractivity contribution in [2.45, 2.75) is 6.04 Å². The Kier molecular flexibility index (Phi) is 1.99. The van der Waals surface area contributed by atoms with Gasteiger partial charge >= 0.3 is 0 Å². The van der Waals surface area contributed by atoms with Crippen LogP contribution in [0, 0.1) is 0 Å². The van der Waals surface area contributed by atoms with Crippen LogP contribution < -0.4 is 5.73 Å². The molecule has 1 aliphatic carbocycles. The van der Waals surface area contributed by atoms with Crippen LogP contribution in [0.1, 0.15) is 0 Å². The molecule has 0 aromatic heterocycles. The van der Waals surface area contributed by atoms with Gasteiger partial charge in [0.1, 0.15) is 6.04 Å². The minimum atomic E-state index is -0.766. The fourth-order valence-electron chi connectivity index (χ4n) is 0.763. The summed E-state index contributed by atoms with van der Waals surface area (Å²) < 4.78 is 0. The SMILES string of the molecule is NC1=CC=CC(N=C=O)C1=O. The number of ketones is 1. The topological polar surface area (TPSA) is 72.5 Å². The molecule has 0 spiro atoms. The Morgan fingerprint density at radius 2 is 2.36 bits per heavy atom. The number of hydrogen-bond acceptors (Lipinski definition) is 4. The summed E-state index contributed by atoms with van der Waals surface area (Å²) in [6, 6.07) is -0.766. The number of carbonyl (C=O) groups excluding carboxylic acids is 2. The van der Waals surface area contributed by atoms with Crippen LogP contribution in [0.3, 0.4) is 0 Å². The number of nitrogens with zero attached hydrogens (tertiary/aromatic N) is 1. The van der Waals surface area contributed by atoms with Crippen molar-refractivity contribution < 1.29 is 9.59 Å². The van der Waals surface area contributed by atoms with Gasteiger partial charge in [0.25, 0.3) is 0 Å². The molecule has 0 saturated heterocycles. The van der Waals surface area contributed by atoms with Crippen molar-refractivity contribution in [3.05, 3.63) is 23.9 Å². The van der Waals surface area contributed by atoms with Crippen molar-refractivity contribution >= 4 is 11.9 Å². The molecule has 0 aromatic carbocycles. The summed E-state index contributed by atoms with van der Waals surface area (Å²) in [5, 5.41) is 0. The minimum absolute atomic E-state index is 0.122. The van der Waals surface area contributed by atoms with Crippen LogP contribution in [-0.4, -0.2) is 17.9 Å². The van der Waals surface area contributed by atoms with Gasteiger partial charge in [0.15, 0.2) is 0 Å². The molecule has 11 heavy (non-hydrogen) atoms. The largest absolute Gasteiger partial charge is 0.396 e. The van der Waals surface area contributed by atoms with Crippen LogP contribution in [0.2, 0.25) is 0 Å². The highest BCUT2D eigenvalue weighted by atomic mass is 16.1. The highest BCUT2D eigenvalue weighted by Crippen LogP contribution is 2.06. The fourth-order valence-corrected chi connectivity index (χ4v) is 0.763. The van der Waals surface area contributed by atoms with E-state index in [0.717, 1.165) is 0 Å². The van der Waals surface area contributed by atoms with Gasteiger partial charge in [0, 0.05) is 0 Å². The molecule has 1 rings (SSSR count). The maximum Gasteiger partial charge on any atom is 0.236 e. The normalized spacial score (nSPS) is 22.4. The summed E-state index contributed by atoms with van der Waals surface area (Å²) in [4.78, 5) is 24.0. The van der Waals surface area contributed by atoms with Gasteiger partial charge in [-0.15, -0.1) is 0 Å². The lowest BCUT2D eigenvalue weighted by Gasteiger charge is -2.07. The monoisotopic (exact) mass is 150 g/mol. The first kappa shape index (κ1) is 7.44. The molecule has 0 bridgehead atoms. The number of nitrogens with two attached hydrogens (primary N) is 1. The van der Waals surface area contributed by atoms with E-state index in [4.69, 9.17) is 5.73 Å². The van der Waals surface area contributed by atoms with Crippen LogP contribution in [0.5, 0.6) is 0 Å². The molecule has 1 aliphatic rings. The zero-order valence-electron chi connectivity index (χ0n) is 5.65. The van der Waals surface area contributed by atoms with Crippen LogP contribution in [-0.2, 0) is 9.59 Å². The molecule has 4 heteroatoms. The molecule has 0 aliphatic heterocycles. The van der Waals surface area contributed by atoms with E-state index >= 15 is 0 Å². The maximum absolute atomic E-state index is 11.0. The van der Waals surface area contributed by atoms with Crippen LogP contribution >= 0.6 is 0 Å². The van der Waals surface area contributed by atoms with E-state index in [1.54, 1.807) is 6.08 Å². The molecular formula is C7H6N2O2. The number of Topliss-reactive ketones (excluding diaryl/α,β-unsaturated/α-hetero) is 1. The zero-order valence-corrected chi connectivity index (χ0v) is 5.65. The molecule has 0 fully saturated rings. The number of carbonyl (C=O) groups is 1. The number of isocyanates is 1. The molecule has 0 amide bonds. The van der Waals surface area contributed by atoms with E-state index in [1.165, 1.54) is 18.2 Å². The Bertz CT molecular complexity index is 285. The van der Waals surface area contributed by atoms with E-state index in [-0.39, 0.29) is 11.5 Å². The molecular weight excluding hydrogens is 144 g/mol. The average Bonchev–Trinajstić information content (AvgIpc) is 1.99. The van der Waals surface area contributed by atoms with Crippen molar-refractivity contribution in [1.82, 2.24) is 0 Å². The van der Waals surface area contributed by atoms with Crippen LogP contribution in [0.4, 0.5) is 0 Å². The second kappa shape index (κ2) is 2.94. The number of allylic oxidation sites excluding steroid dienone is 2. The molecule has 0 saturated carbocycles. The Hall–Kier alpha value is -1.67. The second-order valence-corrected chi connectivity index (χ2v) is 2.04. The summed E-state index contributed by atoms with van der Waals surface area (Å²) >= 11 is 0. The summed E-state index contributed by atoms with van der Waals surface area (Å²) in [7, 11) is 0. The van der Waals surface area contributed by atoms with E-state index in [9.17, 15) is 9.59 Å². The van der Waals surface area contributed by atoms with Crippen molar-refractivity contribution in [3.63, 3.8) is 0 Å². The molecule has 1 unspecified atom stereocenters. The summed E-state index contributed by atoms with van der Waals surface area (Å²) in [5.41, 5.74) is 5.39. The molecule has 0 aromatic rings. The first-order valence-corrected chi connectivity index (χ1v) is 3.01. The lowest BCUT2D eigenvalue weighted by molar-refractivity contribution is -0.115. The lowest BCUT2D eigenvalue weighted by atomic mass is 10.1. The Morgan fingerprint density at radius 1 is 1.64 bits per heavy atom. The highest BCUT2D eigenvalue weighted by molar-refractivity contribution is 6.01. The summed E-state index contributed by atoms with van der Waals surface area (Å²) in [5.74, 6) is -0.351. The minimum Gasteiger partial charge on any atom is -0.396 e. The van der Waals surface area contributed by atoms with Gasteiger partial charge in [-0.25, -0.2) is 4.79 Å². The van der Waals surface area contributed by atoms with Crippen molar-refractivity contribution in [1.29, 1.82) is 0 Å². The Labute approximate surface area is 63.1 Å². The molecule has 2 N–H and O–H groups in total. The van der Waals surface area contributed by atoms with Crippen LogP contribution in [0.25, 0.3) is 0 Å². The smallest absolute Gasteiger partial charge is 0.236 e. The predicted molar refractivity (Wildman–Crippen MR) is 38.3 cm³/mol. The van der Waals surface area contributed by atoms with Crippen molar-refractivity contribution in [2.24, 2.45) is 10.7 Å². The summed E-state index contributed by atoms with van der Waals surface area (Å²) in [6.45, 7) is 0. The lowest BCUT2D eigenvalue weighted by Crippen LogP contribution is -2.24. The van der Waals surface area contributed by atoms with Crippen molar-refractivity contribution in [3.8, 4) is 0 Å². The Morgan fingerprint density at radius 3 is 3.00 bits per heavy atom. The van der Waals surface area contributed by atoms with Crippen molar-refractivity contribution in [2.75, 3.05) is 0 Å². The van der Waals surface area contributed by atoms with Gasteiger partial charge in [-0.3, -0.25) is 4.79 Å². The zero-order chi connectivity index (χ0) is 8.27. The third kappa shape index (κ3) is 1.42. The molecule has 1 atom stereocenters. The maximum atomic E-state index is 11.0. The first-order valence-electron chi connectivity index (χ1n) is 3.01. The van der Waals surface area contributed by atoms with E-state index < -0.39 is 6.04 Å². The Balaban J connectivity index is 2.89. The van der Waals surface area contributed by atoms with Gasteiger partial charge in [-0.2, -0.15) is 4.99 Å². The third-order valence-corrected chi connectivity index (χ3v) is 1.31. The fraction of sp³-hybridized carbons (Fsp3) is 0.143. The standard InChI is InChI=1S/C7H6N2O2/c8-5-2-1-3-6(7(5)11)9-4-10/h1-3,6H,8H2. The number of hydrogen-bond donors (Lipinski definition) is 1. The third-order valence-electron chi connectivity index (χ3n) is 1.31. The van der Waals surface area contributed by atoms with Gasteiger partial charge in [0.05, 0.1) is 5.70 Å². The van der Waals surface area contributed by atoms with E-state index in [0.29, 0.717) is 0 Å². The quantitative estimate of drug-likeness (QED) is 0.411. The van der Waals surface area contributed by atoms with E-state index in [2.05, 4.69) is 4.99 Å². The van der Waals surface area contributed by atoms with Gasteiger partial charge in [-0.05, 0) is 6.08 Å². The molecule has 4 nitrogen and oxygen atoms in total. The predicted octanol–water partition coefficient (Wildman–Crippen LogP) is -0.328. The molecule has 0 heterocycles. The molecule has 56 valence electrons. The number of rotatable bonds is 1.